The number of phosphoric acid groups is 1. The number of nitrogens with zero attached hydrogens (tertiary/aromatic N) is 1. The smallest absolute Gasteiger partial charge is 0.456 e. The lowest BCUT2D eigenvalue weighted by atomic mass is 10.1. The molecule has 0 aliphatic carbocycles. The van der Waals surface area contributed by atoms with Gasteiger partial charge in [-0.25, -0.2) is 4.57 Å². The summed E-state index contributed by atoms with van der Waals surface area (Å²) in [6.45, 7) is 6.71. The van der Waals surface area contributed by atoms with Crippen LogP contribution in [0.1, 0.15) is 220 Å². The fraction of sp³-hybridized carbons (Fsp3) is 0.656. The van der Waals surface area contributed by atoms with E-state index in [0.717, 1.165) is 128 Å². The molecule has 74 heavy (non-hydrogen) atoms. The zero-order valence-corrected chi connectivity index (χ0v) is 48.9. The van der Waals surface area contributed by atoms with Crippen LogP contribution in [-0.4, -0.2) is 74.3 Å². The number of ether oxygens (including phenoxy) is 1. The SMILES string of the molecule is CC/C=C\C/C=C\C/C=C\C/C=C\C/C=C\C/C=C\CCCCCCC(=O)NC(COP(=O)(O)OCC[N+](C)(C)C)C(/C=C\CCCCCCCCCCC)OC(=O)CCCCCC/C=C/C/C=C/C/C=C/CC. The van der Waals surface area contributed by atoms with E-state index in [2.05, 4.69) is 135 Å². The largest absolute Gasteiger partial charge is 0.472 e. The topological polar surface area (TPSA) is 111 Å². The van der Waals surface area contributed by atoms with E-state index in [0.29, 0.717) is 30.3 Å². The van der Waals surface area contributed by atoms with E-state index in [1.807, 2.05) is 33.3 Å². The van der Waals surface area contributed by atoms with Crippen molar-refractivity contribution in [1.82, 2.24) is 5.32 Å². The molecule has 1 amide bonds. The van der Waals surface area contributed by atoms with Gasteiger partial charge in [-0.1, -0.05) is 213 Å². The highest BCUT2D eigenvalue weighted by atomic mass is 31.2. The van der Waals surface area contributed by atoms with E-state index in [-0.39, 0.29) is 31.5 Å². The summed E-state index contributed by atoms with van der Waals surface area (Å²) >= 11 is 0. The number of hydrogen-bond acceptors (Lipinski definition) is 6. The van der Waals surface area contributed by atoms with Crippen molar-refractivity contribution in [3.63, 3.8) is 0 Å². The predicted molar refractivity (Wildman–Crippen MR) is 318 cm³/mol. The summed E-state index contributed by atoms with van der Waals surface area (Å²) in [4.78, 5) is 37.6. The molecule has 0 spiro atoms. The number of unbranched alkanes of at least 4 members (excludes halogenated alkanes) is 17. The third-order valence-corrected chi connectivity index (χ3v) is 13.1. The summed E-state index contributed by atoms with van der Waals surface area (Å²) in [5.74, 6) is -0.572. The lowest BCUT2D eigenvalue weighted by Gasteiger charge is -2.27. The van der Waals surface area contributed by atoms with Gasteiger partial charge in [0.15, 0.2) is 0 Å². The Hall–Kier alpha value is -3.59. The molecule has 9 nitrogen and oxygen atoms in total. The van der Waals surface area contributed by atoms with Crippen molar-refractivity contribution in [3.8, 4) is 0 Å². The quantitative estimate of drug-likeness (QED) is 0.0205. The second-order valence-electron chi connectivity index (χ2n) is 20.4. The summed E-state index contributed by atoms with van der Waals surface area (Å²) in [5.41, 5.74) is 0. The average molecular weight is 1050 g/mol. The van der Waals surface area contributed by atoms with Crippen molar-refractivity contribution in [2.75, 3.05) is 40.9 Å². The number of quaternary nitrogens is 1. The Morgan fingerprint density at radius 3 is 1.30 bits per heavy atom. The first-order valence-electron chi connectivity index (χ1n) is 29.4. The molecule has 0 saturated carbocycles. The van der Waals surface area contributed by atoms with Gasteiger partial charge in [-0.05, 0) is 115 Å². The van der Waals surface area contributed by atoms with Gasteiger partial charge < -0.3 is 19.4 Å². The molecule has 3 atom stereocenters. The molecule has 0 heterocycles. The van der Waals surface area contributed by atoms with Gasteiger partial charge in [0.1, 0.15) is 19.3 Å². The third-order valence-electron chi connectivity index (χ3n) is 12.1. The fourth-order valence-electron chi connectivity index (χ4n) is 7.66. The summed E-state index contributed by atoms with van der Waals surface area (Å²) in [5, 5.41) is 3.02. The number of nitrogens with one attached hydrogen (secondary N) is 1. The van der Waals surface area contributed by atoms with Gasteiger partial charge in [0, 0.05) is 12.8 Å². The zero-order valence-electron chi connectivity index (χ0n) is 48.0. The van der Waals surface area contributed by atoms with Crippen LogP contribution in [0.15, 0.2) is 122 Å². The van der Waals surface area contributed by atoms with Crippen LogP contribution in [0.2, 0.25) is 0 Å². The van der Waals surface area contributed by atoms with E-state index in [1.54, 1.807) is 0 Å². The lowest BCUT2D eigenvalue weighted by molar-refractivity contribution is -0.870. The van der Waals surface area contributed by atoms with Gasteiger partial charge in [0.2, 0.25) is 5.91 Å². The minimum Gasteiger partial charge on any atom is -0.456 e. The molecule has 0 aliphatic rings. The van der Waals surface area contributed by atoms with E-state index in [9.17, 15) is 19.0 Å². The molecule has 3 unspecified atom stereocenters. The van der Waals surface area contributed by atoms with Crippen molar-refractivity contribution in [1.29, 1.82) is 0 Å². The minimum atomic E-state index is -4.47. The van der Waals surface area contributed by atoms with E-state index in [1.165, 1.54) is 44.9 Å². The van der Waals surface area contributed by atoms with Crippen molar-refractivity contribution in [2.45, 2.75) is 232 Å². The molecule has 2 N–H and O–H groups in total. The van der Waals surface area contributed by atoms with Crippen LogP contribution in [0, 0.1) is 0 Å². The number of esters is 1. The Kier molecular flexibility index (Phi) is 50.3. The maximum atomic E-state index is 13.5. The number of hydrogen-bond donors (Lipinski definition) is 2. The maximum Gasteiger partial charge on any atom is 0.472 e. The molecule has 0 aromatic rings. The molecule has 0 aromatic heterocycles. The Balaban J connectivity index is 5.33. The second kappa shape index (κ2) is 52.8. The van der Waals surface area contributed by atoms with Crippen molar-refractivity contribution in [2.24, 2.45) is 0 Å². The van der Waals surface area contributed by atoms with Crippen LogP contribution in [0.5, 0.6) is 0 Å². The molecule has 0 saturated heterocycles. The van der Waals surface area contributed by atoms with E-state index >= 15 is 0 Å². The summed E-state index contributed by atoms with van der Waals surface area (Å²) < 4.78 is 30.6. The molecule has 0 radical (unpaired) electrons. The normalized spacial score (nSPS) is 14.6. The van der Waals surface area contributed by atoms with Gasteiger partial charge in [-0.15, -0.1) is 0 Å². The maximum absolute atomic E-state index is 13.5. The van der Waals surface area contributed by atoms with Crippen LogP contribution in [-0.2, 0) is 27.9 Å². The first-order chi connectivity index (χ1) is 35.9. The van der Waals surface area contributed by atoms with Gasteiger partial charge >= 0.3 is 13.8 Å². The van der Waals surface area contributed by atoms with Crippen molar-refractivity contribution < 1.29 is 37.3 Å². The first kappa shape index (κ1) is 70.4. The molecular weight excluding hydrogens is 940 g/mol. The monoisotopic (exact) mass is 1050 g/mol. The highest BCUT2D eigenvalue weighted by molar-refractivity contribution is 7.47. The Labute approximate surface area is 454 Å². The highest BCUT2D eigenvalue weighted by Crippen LogP contribution is 2.43. The molecule has 0 rings (SSSR count). The number of carbonyl (C=O) groups is 2. The molecule has 10 heteroatoms. The van der Waals surface area contributed by atoms with Gasteiger partial charge in [-0.3, -0.25) is 18.6 Å². The van der Waals surface area contributed by atoms with Crippen LogP contribution < -0.4 is 5.32 Å². The standard InChI is InChI=1S/C64H109N2O7P/c1-7-10-13-16-19-22-25-27-29-30-31-32-33-34-35-36-37-38-41-44-47-50-53-56-63(67)65-61(60-72-74(69,70)71-59-58-66(4,5)6)62(55-52-49-46-43-40-24-21-18-15-12-9-3)73-64(68)57-54-51-48-45-42-39-28-26-23-20-17-14-11-8-2/h10-11,13-14,19-20,22-23,27-29,31-32,34-35,37-39,52,55,61-62H,7-9,12,15-18,21,24-26,30,33,36,40-51,53-54,56-60H2,1-6H3,(H-,65,67,69,70)/p+1/b13-10-,14-11+,22-19-,23-20+,29-27-,32-31-,35-34-,38-37-,39-28+,55-52-. The number of likely N-dealkylation sites (N-methyl/N-ethyl adjacent to an activating group) is 1. The fourth-order valence-corrected chi connectivity index (χ4v) is 8.40. The van der Waals surface area contributed by atoms with E-state index in [4.69, 9.17) is 13.8 Å². The Bertz CT molecular complexity index is 1680. The minimum absolute atomic E-state index is 0.0241. The third kappa shape index (κ3) is 53.2. The number of rotatable bonds is 51. The van der Waals surface area contributed by atoms with Crippen LogP contribution >= 0.6 is 7.82 Å². The summed E-state index contributed by atoms with van der Waals surface area (Å²) in [7, 11) is 1.44. The number of phosphoric ester groups is 1. The average Bonchev–Trinajstić information content (AvgIpc) is 3.36. The Morgan fingerprint density at radius 1 is 0.486 bits per heavy atom. The molecule has 0 aliphatic heterocycles. The zero-order chi connectivity index (χ0) is 54.3. The summed E-state index contributed by atoms with van der Waals surface area (Å²) in [6, 6.07) is -0.879. The lowest BCUT2D eigenvalue weighted by Crippen LogP contribution is -2.47. The van der Waals surface area contributed by atoms with Gasteiger partial charge in [0.25, 0.3) is 0 Å². The number of allylic oxidation sites excluding steroid dienone is 19. The van der Waals surface area contributed by atoms with Crippen LogP contribution in [0.4, 0.5) is 0 Å². The van der Waals surface area contributed by atoms with Gasteiger partial charge in [0.05, 0.1) is 33.8 Å². The van der Waals surface area contributed by atoms with Gasteiger partial charge in [-0.2, -0.15) is 0 Å². The van der Waals surface area contributed by atoms with Crippen molar-refractivity contribution >= 4 is 19.7 Å². The number of amides is 1. The van der Waals surface area contributed by atoms with Crippen molar-refractivity contribution in [3.05, 3.63) is 122 Å². The first-order valence-corrected chi connectivity index (χ1v) is 30.9. The molecular formula is C64H110N2O7P+. The Morgan fingerprint density at radius 2 is 0.865 bits per heavy atom. The van der Waals surface area contributed by atoms with Crippen LogP contribution in [0.25, 0.3) is 0 Å². The molecule has 0 aromatic carbocycles. The van der Waals surface area contributed by atoms with E-state index < -0.39 is 20.0 Å². The predicted octanol–water partition coefficient (Wildman–Crippen LogP) is 17.9. The number of carbonyl (C=O) groups excluding carboxylic acids is 2. The molecule has 0 bridgehead atoms. The summed E-state index contributed by atoms with van der Waals surface area (Å²) in [6.07, 6.45) is 73.4. The highest BCUT2D eigenvalue weighted by Gasteiger charge is 2.30. The molecule has 422 valence electrons. The van der Waals surface area contributed by atoms with Crippen LogP contribution in [0.3, 0.4) is 0 Å². The second-order valence-corrected chi connectivity index (χ2v) is 21.9. The molecule has 0 fully saturated rings.